The zero-order chi connectivity index (χ0) is 12.3. The SMILES string of the molecule is CC(C)C(C)(O)CNc1ccc(F)cc1Cl. The van der Waals surface area contributed by atoms with Crippen LogP contribution in [-0.2, 0) is 0 Å². The van der Waals surface area contributed by atoms with Gasteiger partial charge >= 0.3 is 0 Å². The molecule has 0 saturated heterocycles. The van der Waals surface area contributed by atoms with Gasteiger partial charge in [0, 0.05) is 6.54 Å². The maximum absolute atomic E-state index is 12.8. The van der Waals surface area contributed by atoms with Gasteiger partial charge in [0.05, 0.1) is 16.3 Å². The highest BCUT2D eigenvalue weighted by molar-refractivity contribution is 6.33. The van der Waals surface area contributed by atoms with Crippen LogP contribution in [0.3, 0.4) is 0 Å². The summed E-state index contributed by atoms with van der Waals surface area (Å²) in [4.78, 5) is 0. The van der Waals surface area contributed by atoms with Crippen LogP contribution in [0.4, 0.5) is 10.1 Å². The maximum Gasteiger partial charge on any atom is 0.124 e. The van der Waals surface area contributed by atoms with Crippen LogP contribution in [0.5, 0.6) is 0 Å². The Morgan fingerprint density at radius 2 is 2.12 bits per heavy atom. The highest BCUT2D eigenvalue weighted by Crippen LogP contribution is 2.24. The van der Waals surface area contributed by atoms with Gasteiger partial charge in [0.1, 0.15) is 5.82 Å². The first-order valence-electron chi connectivity index (χ1n) is 5.24. The largest absolute Gasteiger partial charge is 0.388 e. The molecule has 0 amide bonds. The minimum Gasteiger partial charge on any atom is -0.388 e. The van der Waals surface area contributed by atoms with Crippen LogP contribution in [0.1, 0.15) is 20.8 Å². The van der Waals surface area contributed by atoms with E-state index in [1.807, 2.05) is 13.8 Å². The molecule has 0 aliphatic carbocycles. The first-order chi connectivity index (χ1) is 7.33. The topological polar surface area (TPSA) is 32.3 Å². The van der Waals surface area contributed by atoms with E-state index in [2.05, 4.69) is 5.32 Å². The van der Waals surface area contributed by atoms with Crippen LogP contribution in [0, 0.1) is 11.7 Å². The number of halogens is 2. The predicted octanol–water partition coefficient (Wildman–Crippen LogP) is 3.30. The molecule has 0 bridgehead atoms. The smallest absolute Gasteiger partial charge is 0.124 e. The molecule has 0 spiro atoms. The van der Waals surface area contributed by atoms with Gasteiger partial charge < -0.3 is 10.4 Å². The molecule has 0 heterocycles. The molecule has 0 saturated carbocycles. The summed E-state index contributed by atoms with van der Waals surface area (Å²) in [7, 11) is 0. The quantitative estimate of drug-likeness (QED) is 0.853. The Kier molecular flexibility index (Phi) is 4.16. The van der Waals surface area contributed by atoms with E-state index in [4.69, 9.17) is 11.6 Å². The van der Waals surface area contributed by atoms with E-state index >= 15 is 0 Å². The van der Waals surface area contributed by atoms with Crippen molar-refractivity contribution in [2.45, 2.75) is 26.4 Å². The molecule has 16 heavy (non-hydrogen) atoms. The first-order valence-corrected chi connectivity index (χ1v) is 5.62. The van der Waals surface area contributed by atoms with Gasteiger partial charge in [0.2, 0.25) is 0 Å². The van der Waals surface area contributed by atoms with E-state index in [0.29, 0.717) is 17.3 Å². The van der Waals surface area contributed by atoms with Crippen molar-refractivity contribution in [2.24, 2.45) is 5.92 Å². The second kappa shape index (κ2) is 5.02. The minimum atomic E-state index is -0.822. The first kappa shape index (κ1) is 13.3. The zero-order valence-electron chi connectivity index (χ0n) is 9.72. The number of hydrogen-bond donors (Lipinski definition) is 2. The van der Waals surface area contributed by atoms with Crippen molar-refractivity contribution in [3.63, 3.8) is 0 Å². The molecule has 0 aromatic heterocycles. The fourth-order valence-corrected chi connectivity index (χ4v) is 1.35. The summed E-state index contributed by atoms with van der Waals surface area (Å²) >= 11 is 5.85. The summed E-state index contributed by atoms with van der Waals surface area (Å²) in [5.41, 5.74) is -0.193. The molecule has 2 nitrogen and oxygen atoms in total. The number of aliphatic hydroxyl groups is 1. The van der Waals surface area contributed by atoms with Crippen molar-refractivity contribution in [1.29, 1.82) is 0 Å². The van der Waals surface area contributed by atoms with Crippen LogP contribution >= 0.6 is 11.6 Å². The van der Waals surface area contributed by atoms with E-state index in [1.165, 1.54) is 12.1 Å². The maximum atomic E-state index is 12.8. The lowest BCUT2D eigenvalue weighted by molar-refractivity contribution is 0.0266. The molecule has 1 atom stereocenters. The van der Waals surface area contributed by atoms with Gasteiger partial charge in [-0.3, -0.25) is 0 Å². The predicted molar refractivity (Wildman–Crippen MR) is 65.4 cm³/mol. The molecule has 2 N–H and O–H groups in total. The van der Waals surface area contributed by atoms with Crippen LogP contribution < -0.4 is 5.32 Å². The molecule has 1 aromatic rings. The monoisotopic (exact) mass is 245 g/mol. The van der Waals surface area contributed by atoms with Gasteiger partial charge in [0.15, 0.2) is 0 Å². The standard InChI is InChI=1S/C12H17ClFNO/c1-8(2)12(3,16)7-15-11-5-4-9(14)6-10(11)13/h4-6,8,15-16H,7H2,1-3H3. The molecule has 0 aliphatic rings. The van der Waals surface area contributed by atoms with E-state index < -0.39 is 5.60 Å². The molecule has 0 radical (unpaired) electrons. The Bertz CT molecular complexity index is 366. The molecule has 1 aromatic carbocycles. The van der Waals surface area contributed by atoms with Crippen LogP contribution in [-0.4, -0.2) is 17.3 Å². The lowest BCUT2D eigenvalue weighted by atomic mass is 9.92. The number of anilines is 1. The van der Waals surface area contributed by atoms with Gasteiger partial charge in [0.25, 0.3) is 0 Å². The molecule has 1 rings (SSSR count). The normalized spacial score (nSPS) is 14.9. The third-order valence-electron chi connectivity index (χ3n) is 2.81. The van der Waals surface area contributed by atoms with E-state index in [-0.39, 0.29) is 11.7 Å². The molecule has 90 valence electrons. The van der Waals surface area contributed by atoms with Crippen molar-refractivity contribution in [3.05, 3.63) is 29.0 Å². The fourth-order valence-electron chi connectivity index (χ4n) is 1.11. The van der Waals surface area contributed by atoms with Crippen molar-refractivity contribution >= 4 is 17.3 Å². The highest BCUT2D eigenvalue weighted by atomic mass is 35.5. The van der Waals surface area contributed by atoms with Gasteiger partial charge in [-0.2, -0.15) is 0 Å². The molecule has 0 aliphatic heterocycles. The Balaban J connectivity index is 2.68. The van der Waals surface area contributed by atoms with E-state index in [0.717, 1.165) is 0 Å². The Morgan fingerprint density at radius 3 is 2.62 bits per heavy atom. The van der Waals surface area contributed by atoms with E-state index in [1.54, 1.807) is 13.0 Å². The Morgan fingerprint density at radius 1 is 1.50 bits per heavy atom. The van der Waals surface area contributed by atoms with Gasteiger partial charge in [-0.05, 0) is 31.0 Å². The van der Waals surface area contributed by atoms with E-state index in [9.17, 15) is 9.50 Å². The van der Waals surface area contributed by atoms with Crippen molar-refractivity contribution < 1.29 is 9.50 Å². The summed E-state index contributed by atoms with van der Waals surface area (Å²) in [6, 6.07) is 4.14. The Hall–Kier alpha value is -0.800. The molecule has 0 fully saturated rings. The average Bonchev–Trinajstić information content (AvgIpc) is 2.16. The fraction of sp³-hybridized carbons (Fsp3) is 0.500. The van der Waals surface area contributed by atoms with Crippen molar-refractivity contribution in [2.75, 3.05) is 11.9 Å². The lowest BCUT2D eigenvalue weighted by Crippen LogP contribution is -2.38. The number of hydrogen-bond acceptors (Lipinski definition) is 2. The zero-order valence-corrected chi connectivity index (χ0v) is 10.5. The third-order valence-corrected chi connectivity index (χ3v) is 3.12. The Labute approximate surface area is 100 Å². The second-order valence-electron chi connectivity index (χ2n) is 4.49. The summed E-state index contributed by atoms with van der Waals surface area (Å²) in [5, 5.41) is 13.4. The van der Waals surface area contributed by atoms with Crippen LogP contribution in [0.2, 0.25) is 5.02 Å². The second-order valence-corrected chi connectivity index (χ2v) is 4.90. The van der Waals surface area contributed by atoms with Gasteiger partial charge in [-0.1, -0.05) is 25.4 Å². The average molecular weight is 246 g/mol. The van der Waals surface area contributed by atoms with Crippen molar-refractivity contribution in [3.8, 4) is 0 Å². The molecular formula is C12H17ClFNO. The van der Waals surface area contributed by atoms with Gasteiger partial charge in [-0.25, -0.2) is 4.39 Å². The molecule has 1 unspecified atom stereocenters. The summed E-state index contributed by atoms with van der Waals surface area (Å²) in [5.74, 6) is -0.245. The van der Waals surface area contributed by atoms with Gasteiger partial charge in [-0.15, -0.1) is 0 Å². The molecular weight excluding hydrogens is 229 g/mol. The number of benzene rings is 1. The third kappa shape index (κ3) is 3.35. The van der Waals surface area contributed by atoms with Crippen LogP contribution in [0.15, 0.2) is 18.2 Å². The highest BCUT2D eigenvalue weighted by Gasteiger charge is 2.24. The summed E-state index contributed by atoms with van der Waals surface area (Å²) in [6.45, 7) is 6.00. The van der Waals surface area contributed by atoms with Crippen LogP contribution in [0.25, 0.3) is 0 Å². The summed E-state index contributed by atoms with van der Waals surface area (Å²) in [6.07, 6.45) is 0. The summed E-state index contributed by atoms with van der Waals surface area (Å²) < 4.78 is 12.8. The minimum absolute atomic E-state index is 0.124. The van der Waals surface area contributed by atoms with Crippen molar-refractivity contribution in [1.82, 2.24) is 0 Å². The lowest BCUT2D eigenvalue weighted by Gasteiger charge is -2.28. The number of nitrogens with one attached hydrogen (secondary N) is 1. The number of rotatable bonds is 4. The molecule has 4 heteroatoms.